The number of benzene rings is 2. The SMILES string of the molecule is COc1c(F)cc(-c2cc(C(N)=O)ncc2CO)cc1NS(=O)(=O)c1cc(C(=O)O)cc(Br)c1OC. The molecule has 0 aliphatic rings. The Kier molecular flexibility index (Phi) is 7.81. The van der Waals surface area contributed by atoms with Gasteiger partial charge in [-0.2, -0.15) is 0 Å². The predicted molar refractivity (Wildman–Crippen MR) is 129 cm³/mol. The third-order valence-corrected chi connectivity index (χ3v) is 6.92. The van der Waals surface area contributed by atoms with Gasteiger partial charge in [0, 0.05) is 11.8 Å². The van der Waals surface area contributed by atoms with Crippen LogP contribution in [-0.4, -0.2) is 49.7 Å². The topological polar surface area (TPSA) is 178 Å². The number of aromatic nitrogens is 1. The van der Waals surface area contributed by atoms with Crippen molar-refractivity contribution in [1.82, 2.24) is 4.98 Å². The maximum absolute atomic E-state index is 15.0. The van der Waals surface area contributed by atoms with E-state index in [1.807, 2.05) is 0 Å². The van der Waals surface area contributed by atoms with Crippen molar-refractivity contribution >= 4 is 43.5 Å². The van der Waals surface area contributed by atoms with Crippen LogP contribution in [-0.2, 0) is 16.6 Å². The molecule has 0 atom stereocenters. The van der Waals surface area contributed by atoms with Gasteiger partial charge in [0.2, 0.25) is 0 Å². The first-order valence-corrected chi connectivity index (χ1v) is 12.1. The molecule has 1 amide bonds. The van der Waals surface area contributed by atoms with Gasteiger partial charge >= 0.3 is 5.97 Å². The predicted octanol–water partition coefficient (Wildman–Crippen LogP) is 2.76. The highest BCUT2D eigenvalue weighted by atomic mass is 79.9. The first-order chi connectivity index (χ1) is 16.9. The lowest BCUT2D eigenvalue weighted by molar-refractivity contribution is 0.0696. The Morgan fingerprint density at radius 3 is 2.36 bits per heavy atom. The molecule has 0 fully saturated rings. The number of aliphatic hydroxyl groups excluding tert-OH is 1. The second-order valence-electron chi connectivity index (χ2n) is 7.19. The number of carboxylic acids is 1. The van der Waals surface area contributed by atoms with Crippen molar-refractivity contribution in [3.05, 3.63) is 63.6 Å². The molecule has 2 aromatic carbocycles. The van der Waals surface area contributed by atoms with Crippen molar-refractivity contribution in [3.8, 4) is 22.6 Å². The molecule has 36 heavy (non-hydrogen) atoms. The number of rotatable bonds is 9. The lowest BCUT2D eigenvalue weighted by Gasteiger charge is -2.17. The van der Waals surface area contributed by atoms with E-state index in [9.17, 15) is 28.2 Å². The summed E-state index contributed by atoms with van der Waals surface area (Å²) in [6.07, 6.45) is 1.18. The lowest BCUT2D eigenvalue weighted by Crippen LogP contribution is -2.16. The molecule has 0 unspecified atom stereocenters. The average Bonchev–Trinajstić information content (AvgIpc) is 2.82. The Morgan fingerprint density at radius 2 is 1.81 bits per heavy atom. The maximum atomic E-state index is 15.0. The van der Waals surface area contributed by atoms with Crippen LogP contribution in [0.3, 0.4) is 0 Å². The minimum absolute atomic E-state index is 0.0560. The van der Waals surface area contributed by atoms with Crippen molar-refractivity contribution in [1.29, 1.82) is 0 Å². The van der Waals surface area contributed by atoms with E-state index in [1.165, 1.54) is 25.4 Å². The number of carboxylic acid groups (broad SMARTS) is 1. The highest BCUT2D eigenvalue weighted by molar-refractivity contribution is 9.10. The molecule has 0 radical (unpaired) electrons. The van der Waals surface area contributed by atoms with Crippen molar-refractivity contribution in [2.24, 2.45) is 5.73 Å². The fourth-order valence-electron chi connectivity index (χ4n) is 3.33. The number of carbonyl (C=O) groups is 2. The number of sulfonamides is 1. The van der Waals surface area contributed by atoms with Gasteiger partial charge in [0.1, 0.15) is 10.6 Å². The largest absolute Gasteiger partial charge is 0.494 e. The summed E-state index contributed by atoms with van der Waals surface area (Å²) < 4.78 is 54.0. The maximum Gasteiger partial charge on any atom is 0.335 e. The number of methoxy groups -OCH3 is 2. The van der Waals surface area contributed by atoms with Crippen LogP contribution in [0.1, 0.15) is 26.4 Å². The van der Waals surface area contributed by atoms with Crippen LogP contribution in [0.25, 0.3) is 11.1 Å². The van der Waals surface area contributed by atoms with E-state index in [2.05, 4.69) is 25.6 Å². The van der Waals surface area contributed by atoms with Gasteiger partial charge in [0.25, 0.3) is 15.9 Å². The molecule has 190 valence electrons. The third kappa shape index (κ3) is 5.24. The van der Waals surface area contributed by atoms with Crippen LogP contribution in [0, 0.1) is 5.82 Å². The van der Waals surface area contributed by atoms with Crippen LogP contribution in [0.15, 0.2) is 45.9 Å². The van der Waals surface area contributed by atoms with Crippen molar-refractivity contribution in [2.75, 3.05) is 18.9 Å². The second kappa shape index (κ2) is 10.5. The van der Waals surface area contributed by atoms with Crippen molar-refractivity contribution in [2.45, 2.75) is 11.5 Å². The standard InChI is InChI=1S/C22H19BrFN3O8S/c1-34-19-14(23)3-11(22(30)31)6-18(19)36(32,33)27-16-5-10(4-15(24)20(16)35-2)13-7-17(21(25)29)26-8-12(13)9-28/h3-8,27-28H,9H2,1-2H3,(H2,25,29)(H,30,31). The molecule has 14 heteroatoms. The number of aliphatic hydroxyl groups is 1. The number of hydrogen-bond acceptors (Lipinski definition) is 8. The van der Waals surface area contributed by atoms with E-state index in [1.54, 1.807) is 0 Å². The Morgan fingerprint density at radius 1 is 1.14 bits per heavy atom. The Balaban J connectivity index is 2.22. The number of anilines is 1. The molecular weight excluding hydrogens is 565 g/mol. The monoisotopic (exact) mass is 583 g/mol. The van der Waals surface area contributed by atoms with Crippen molar-refractivity contribution in [3.63, 3.8) is 0 Å². The Labute approximate surface area is 212 Å². The number of amides is 1. The number of primary amides is 1. The Bertz CT molecular complexity index is 1480. The molecular formula is C22H19BrFN3O8S. The smallest absolute Gasteiger partial charge is 0.335 e. The quantitative estimate of drug-likeness (QED) is 0.294. The fraction of sp³-hybridized carbons (Fsp3) is 0.136. The van der Waals surface area contributed by atoms with Crippen LogP contribution in [0.5, 0.6) is 11.5 Å². The van der Waals surface area contributed by atoms with Gasteiger partial charge in [0.05, 0.1) is 36.6 Å². The van der Waals surface area contributed by atoms with Crippen LogP contribution in [0.4, 0.5) is 10.1 Å². The number of ether oxygens (including phenoxy) is 2. The van der Waals surface area contributed by atoms with E-state index in [0.29, 0.717) is 0 Å². The van der Waals surface area contributed by atoms with Crippen LogP contribution >= 0.6 is 15.9 Å². The minimum atomic E-state index is -4.57. The second-order valence-corrected chi connectivity index (χ2v) is 9.69. The summed E-state index contributed by atoms with van der Waals surface area (Å²) in [4.78, 5) is 26.3. The molecule has 0 bridgehead atoms. The highest BCUT2D eigenvalue weighted by Gasteiger charge is 2.27. The summed E-state index contributed by atoms with van der Waals surface area (Å²) >= 11 is 3.09. The highest BCUT2D eigenvalue weighted by Crippen LogP contribution is 2.39. The molecule has 0 aliphatic heterocycles. The van der Waals surface area contributed by atoms with Gasteiger partial charge in [-0.15, -0.1) is 0 Å². The molecule has 0 saturated carbocycles. The molecule has 0 aliphatic carbocycles. The van der Waals surface area contributed by atoms with Crippen LogP contribution in [0.2, 0.25) is 0 Å². The van der Waals surface area contributed by atoms with Gasteiger partial charge in [-0.25, -0.2) is 17.6 Å². The number of nitrogens with one attached hydrogen (secondary N) is 1. The van der Waals surface area contributed by atoms with E-state index in [-0.39, 0.29) is 43.9 Å². The first kappa shape index (κ1) is 26.8. The summed E-state index contributed by atoms with van der Waals surface area (Å²) in [5.74, 6) is -3.89. The zero-order valence-electron chi connectivity index (χ0n) is 18.7. The zero-order valence-corrected chi connectivity index (χ0v) is 21.1. The van der Waals surface area contributed by atoms with Gasteiger partial charge in [-0.1, -0.05) is 0 Å². The number of halogens is 2. The normalized spacial score (nSPS) is 11.1. The summed E-state index contributed by atoms with van der Waals surface area (Å²) in [5, 5.41) is 19.0. The van der Waals surface area contributed by atoms with Gasteiger partial charge in [-0.05, 0) is 57.4 Å². The molecule has 3 aromatic rings. The molecule has 0 saturated heterocycles. The van der Waals surface area contributed by atoms with Crippen LogP contribution < -0.4 is 19.9 Å². The minimum Gasteiger partial charge on any atom is -0.494 e. The molecule has 1 heterocycles. The fourth-order valence-corrected chi connectivity index (χ4v) is 5.36. The van der Waals surface area contributed by atoms with Gasteiger partial charge < -0.3 is 25.4 Å². The summed E-state index contributed by atoms with van der Waals surface area (Å²) in [6, 6.07) is 5.49. The molecule has 5 N–H and O–H groups in total. The number of aromatic carboxylic acids is 1. The van der Waals surface area contributed by atoms with E-state index >= 15 is 4.39 Å². The molecule has 0 spiro atoms. The summed E-state index contributed by atoms with van der Waals surface area (Å²) in [6.45, 7) is -0.525. The van der Waals surface area contributed by atoms with E-state index in [0.717, 1.165) is 25.3 Å². The molecule has 1 aromatic heterocycles. The number of nitrogens with zero attached hydrogens (tertiary/aromatic N) is 1. The van der Waals surface area contributed by atoms with Crippen molar-refractivity contribution < 1.29 is 42.1 Å². The summed E-state index contributed by atoms with van der Waals surface area (Å²) in [5.41, 5.74) is 4.83. The number of nitrogens with two attached hydrogens (primary N) is 1. The molecule has 11 nitrogen and oxygen atoms in total. The van der Waals surface area contributed by atoms with E-state index < -0.39 is 45.0 Å². The third-order valence-electron chi connectivity index (χ3n) is 4.96. The lowest BCUT2D eigenvalue weighted by atomic mass is 9.99. The van der Waals surface area contributed by atoms with E-state index in [4.69, 9.17) is 15.2 Å². The number of hydrogen-bond donors (Lipinski definition) is 4. The molecule has 3 rings (SSSR count). The van der Waals surface area contributed by atoms with Gasteiger partial charge in [-0.3, -0.25) is 14.5 Å². The average molecular weight is 584 g/mol. The first-order valence-electron chi connectivity index (χ1n) is 9.84. The Hall–Kier alpha value is -3.75. The summed E-state index contributed by atoms with van der Waals surface area (Å²) in [7, 11) is -2.26. The number of carbonyl (C=O) groups excluding carboxylic acids is 1. The van der Waals surface area contributed by atoms with Gasteiger partial charge in [0.15, 0.2) is 17.3 Å². The number of pyridine rings is 1. The zero-order chi connectivity index (χ0) is 26.8.